The minimum atomic E-state index is 0.189. The van der Waals surface area contributed by atoms with Crippen molar-refractivity contribution in [2.24, 2.45) is 0 Å². The molecule has 4 heteroatoms. The summed E-state index contributed by atoms with van der Waals surface area (Å²) in [6.07, 6.45) is 0. The fraction of sp³-hybridized carbons (Fsp3) is 0.500. The van der Waals surface area contributed by atoms with Crippen LogP contribution in [0.25, 0.3) is 0 Å². The lowest BCUT2D eigenvalue weighted by molar-refractivity contribution is 0.172. The summed E-state index contributed by atoms with van der Waals surface area (Å²) >= 11 is 5.80. The molecule has 0 bridgehead atoms. The molecule has 1 aromatic carbocycles. The molecule has 16 heavy (non-hydrogen) atoms. The van der Waals surface area contributed by atoms with Crippen LogP contribution in [-0.2, 0) is 11.3 Å². The van der Waals surface area contributed by atoms with Gasteiger partial charge in [-0.05, 0) is 17.7 Å². The van der Waals surface area contributed by atoms with Crippen molar-refractivity contribution in [1.82, 2.24) is 5.32 Å². The van der Waals surface area contributed by atoms with E-state index in [0.717, 1.165) is 12.3 Å². The van der Waals surface area contributed by atoms with Gasteiger partial charge in [0.1, 0.15) is 5.75 Å². The van der Waals surface area contributed by atoms with Crippen molar-refractivity contribution in [2.75, 3.05) is 26.7 Å². The predicted octanol–water partition coefficient (Wildman–Crippen LogP) is 2.04. The van der Waals surface area contributed by atoms with E-state index >= 15 is 0 Å². The molecule has 1 rings (SSSR count). The third-order valence-electron chi connectivity index (χ3n) is 2.31. The molecule has 1 unspecified atom stereocenters. The molecule has 0 fully saturated rings. The SMILES string of the molecule is COCC(CCl)NCc1ccc(OC)cc1. The molecule has 0 aliphatic carbocycles. The first-order valence-electron chi connectivity index (χ1n) is 5.21. The first kappa shape index (κ1) is 13.3. The van der Waals surface area contributed by atoms with Crippen LogP contribution in [0, 0.1) is 0 Å². The molecule has 0 aliphatic rings. The molecule has 1 N–H and O–H groups in total. The Hall–Kier alpha value is -0.770. The average molecular weight is 244 g/mol. The molecule has 0 heterocycles. The quantitative estimate of drug-likeness (QED) is 0.744. The lowest BCUT2D eigenvalue weighted by Gasteiger charge is -2.14. The maximum Gasteiger partial charge on any atom is 0.118 e. The van der Waals surface area contributed by atoms with Crippen molar-refractivity contribution in [2.45, 2.75) is 12.6 Å². The van der Waals surface area contributed by atoms with Gasteiger partial charge < -0.3 is 14.8 Å². The van der Waals surface area contributed by atoms with Gasteiger partial charge in [-0.15, -0.1) is 11.6 Å². The highest BCUT2D eigenvalue weighted by Gasteiger charge is 2.05. The van der Waals surface area contributed by atoms with E-state index in [1.54, 1.807) is 14.2 Å². The van der Waals surface area contributed by atoms with Crippen molar-refractivity contribution in [1.29, 1.82) is 0 Å². The van der Waals surface area contributed by atoms with Crippen LogP contribution in [0.4, 0.5) is 0 Å². The Balaban J connectivity index is 2.40. The Labute approximate surface area is 102 Å². The van der Waals surface area contributed by atoms with Crippen LogP contribution in [0.15, 0.2) is 24.3 Å². The lowest BCUT2D eigenvalue weighted by atomic mass is 10.2. The normalized spacial score (nSPS) is 12.4. The summed E-state index contributed by atoms with van der Waals surface area (Å²) in [6, 6.07) is 8.15. The maximum atomic E-state index is 5.80. The number of rotatable bonds is 7. The zero-order chi connectivity index (χ0) is 11.8. The van der Waals surface area contributed by atoms with Gasteiger partial charge in [-0.1, -0.05) is 12.1 Å². The van der Waals surface area contributed by atoms with E-state index in [2.05, 4.69) is 5.32 Å². The van der Waals surface area contributed by atoms with Crippen LogP contribution in [-0.4, -0.2) is 32.7 Å². The van der Waals surface area contributed by atoms with Crippen molar-refractivity contribution in [3.63, 3.8) is 0 Å². The third kappa shape index (κ3) is 4.39. The number of methoxy groups -OCH3 is 2. The van der Waals surface area contributed by atoms with E-state index in [1.807, 2.05) is 24.3 Å². The van der Waals surface area contributed by atoms with Gasteiger partial charge in [-0.25, -0.2) is 0 Å². The molecule has 0 spiro atoms. The molecule has 1 atom stereocenters. The van der Waals surface area contributed by atoms with Crippen LogP contribution >= 0.6 is 11.6 Å². The molecule has 0 aromatic heterocycles. The average Bonchev–Trinajstić information content (AvgIpc) is 2.35. The lowest BCUT2D eigenvalue weighted by Crippen LogP contribution is -2.34. The summed E-state index contributed by atoms with van der Waals surface area (Å²) in [4.78, 5) is 0. The monoisotopic (exact) mass is 243 g/mol. The van der Waals surface area contributed by atoms with Gasteiger partial charge in [-0.3, -0.25) is 0 Å². The highest BCUT2D eigenvalue weighted by molar-refractivity contribution is 6.18. The van der Waals surface area contributed by atoms with Crippen molar-refractivity contribution < 1.29 is 9.47 Å². The molecule has 0 saturated heterocycles. The van der Waals surface area contributed by atoms with Gasteiger partial charge in [0.05, 0.1) is 13.7 Å². The second-order valence-electron chi connectivity index (χ2n) is 3.54. The third-order valence-corrected chi connectivity index (χ3v) is 2.68. The summed E-state index contributed by atoms with van der Waals surface area (Å²) in [5, 5.41) is 3.33. The second kappa shape index (κ2) is 7.49. The molecule has 0 radical (unpaired) electrons. The Morgan fingerprint density at radius 1 is 1.25 bits per heavy atom. The second-order valence-corrected chi connectivity index (χ2v) is 3.84. The molecule has 0 aliphatic heterocycles. The van der Waals surface area contributed by atoms with Crippen molar-refractivity contribution in [3.8, 4) is 5.75 Å². The Morgan fingerprint density at radius 2 is 1.94 bits per heavy atom. The Bertz CT molecular complexity index is 290. The molecule has 1 aromatic rings. The van der Waals surface area contributed by atoms with Crippen LogP contribution < -0.4 is 10.1 Å². The first-order valence-corrected chi connectivity index (χ1v) is 5.74. The Morgan fingerprint density at radius 3 is 2.44 bits per heavy atom. The van der Waals surface area contributed by atoms with Crippen LogP contribution in [0.1, 0.15) is 5.56 Å². The van der Waals surface area contributed by atoms with Gasteiger partial charge in [0, 0.05) is 25.6 Å². The number of hydrogen-bond acceptors (Lipinski definition) is 3. The number of alkyl halides is 1. The molecule has 0 saturated carbocycles. The van der Waals surface area contributed by atoms with Crippen LogP contribution in [0.3, 0.4) is 0 Å². The highest BCUT2D eigenvalue weighted by Crippen LogP contribution is 2.11. The van der Waals surface area contributed by atoms with E-state index in [0.29, 0.717) is 12.5 Å². The fourth-order valence-corrected chi connectivity index (χ4v) is 1.56. The number of hydrogen-bond donors (Lipinski definition) is 1. The Kier molecular flexibility index (Phi) is 6.23. The summed E-state index contributed by atoms with van der Waals surface area (Å²) in [6.45, 7) is 1.41. The largest absolute Gasteiger partial charge is 0.497 e. The van der Waals surface area contributed by atoms with Gasteiger partial charge in [-0.2, -0.15) is 0 Å². The van der Waals surface area contributed by atoms with E-state index in [-0.39, 0.29) is 6.04 Å². The van der Waals surface area contributed by atoms with Crippen molar-refractivity contribution >= 4 is 11.6 Å². The van der Waals surface area contributed by atoms with Gasteiger partial charge in [0.25, 0.3) is 0 Å². The van der Waals surface area contributed by atoms with Gasteiger partial charge in [0.2, 0.25) is 0 Å². The van der Waals surface area contributed by atoms with Crippen LogP contribution in [0.5, 0.6) is 5.75 Å². The number of ether oxygens (including phenoxy) is 2. The summed E-state index contributed by atoms with van der Waals surface area (Å²) in [5.74, 6) is 1.42. The zero-order valence-electron chi connectivity index (χ0n) is 9.70. The number of nitrogens with one attached hydrogen (secondary N) is 1. The van der Waals surface area contributed by atoms with Crippen LogP contribution in [0.2, 0.25) is 0 Å². The molecule has 3 nitrogen and oxygen atoms in total. The van der Waals surface area contributed by atoms with E-state index in [9.17, 15) is 0 Å². The topological polar surface area (TPSA) is 30.5 Å². The maximum absolute atomic E-state index is 5.80. The van der Waals surface area contributed by atoms with Gasteiger partial charge in [0.15, 0.2) is 0 Å². The standard InChI is InChI=1S/C12H18ClNO2/c1-15-9-11(7-13)14-8-10-3-5-12(16-2)6-4-10/h3-6,11,14H,7-9H2,1-2H3. The van der Waals surface area contributed by atoms with Crippen molar-refractivity contribution in [3.05, 3.63) is 29.8 Å². The predicted molar refractivity (Wildman–Crippen MR) is 66.2 cm³/mol. The molecular weight excluding hydrogens is 226 g/mol. The molecule has 90 valence electrons. The minimum absolute atomic E-state index is 0.189. The fourth-order valence-electron chi connectivity index (χ4n) is 1.36. The van der Waals surface area contributed by atoms with E-state index < -0.39 is 0 Å². The first-order chi connectivity index (χ1) is 7.80. The smallest absolute Gasteiger partial charge is 0.118 e. The zero-order valence-corrected chi connectivity index (χ0v) is 10.5. The van der Waals surface area contributed by atoms with E-state index in [4.69, 9.17) is 21.1 Å². The summed E-state index contributed by atoms with van der Waals surface area (Å²) in [7, 11) is 3.34. The summed E-state index contributed by atoms with van der Waals surface area (Å²) < 4.78 is 10.1. The highest BCUT2D eigenvalue weighted by atomic mass is 35.5. The minimum Gasteiger partial charge on any atom is -0.497 e. The number of halogens is 1. The number of benzene rings is 1. The van der Waals surface area contributed by atoms with Gasteiger partial charge >= 0.3 is 0 Å². The summed E-state index contributed by atoms with van der Waals surface area (Å²) in [5.41, 5.74) is 1.20. The molecular formula is C12H18ClNO2. The molecule has 0 amide bonds. The van der Waals surface area contributed by atoms with E-state index in [1.165, 1.54) is 5.56 Å².